The lowest BCUT2D eigenvalue weighted by atomic mass is 9.86. The van der Waals surface area contributed by atoms with Gasteiger partial charge in [-0.25, -0.2) is 4.79 Å². The van der Waals surface area contributed by atoms with E-state index in [0.717, 1.165) is 38.5 Å². The molecule has 0 aromatic heterocycles. The molecule has 0 atom stereocenters. The second kappa shape index (κ2) is 8.07. The second-order valence-electron chi connectivity index (χ2n) is 6.46. The number of nitrogens with one attached hydrogen (secondary N) is 1. The third-order valence-electron chi connectivity index (χ3n) is 4.94. The molecular formula is C17H26N2O3. The van der Waals surface area contributed by atoms with E-state index in [1.165, 1.54) is 6.42 Å². The molecule has 0 saturated heterocycles. The number of carboxylic acid groups (broad SMARTS) is 1. The van der Waals surface area contributed by atoms with Gasteiger partial charge in [-0.1, -0.05) is 25.2 Å². The van der Waals surface area contributed by atoms with Crippen LogP contribution < -0.4 is 5.32 Å². The second-order valence-corrected chi connectivity index (χ2v) is 6.46. The highest BCUT2D eigenvalue weighted by molar-refractivity contribution is 5.75. The Morgan fingerprint density at radius 3 is 2.27 bits per heavy atom. The highest BCUT2D eigenvalue weighted by Gasteiger charge is 2.30. The van der Waals surface area contributed by atoms with Gasteiger partial charge in [0.05, 0.1) is 12.5 Å². The zero-order valence-corrected chi connectivity index (χ0v) is 13.1. The Morgan fingerprint density at radius 2 is 1.73 bits per heavy atom. The topological polar surface area (TPSA) is 69.6 Å². The zero-order valence-electron chi connectivity index (χ0n) is 13.1. The van der Waals surface area contributed by atoms with Crippen LogP contribution in [0, 0.1) is 18.3 Å². The predicted octanol–water partition coefficient (Wildman–Crippen LogP) is 2.61. The van der Waals surface area contributed by atoms with Crippen molar-refractivity contribution in [2.24, 2.45) is 5.92 Å². The molecule has 2 fully saturated rings. The fourth-order valence-electron chi connectivity index (χ4n) is 3.60. The van der Waals surface area contributed by atoms with E-state index < -0.39 is 5.97 Å². The largest absolute Gasteiger partial charge is 0.481 e. The number of nitrogens with zero attached hydrogens (tertiary/aromatic N) is 1. The van der Waals surface area contributed by atoms with Gasteiger partial charge in [-0.05, 0) is 38.5 Å². The average Bonchev–Trinajstić information content (AvgIpc) is 2.53. The molecule has 2 N–H and O–H groups in total. The highest BCUT2D eigenvalue weighted by atomic mass is 16.4. The minimum atomic E-state index is -0.721. The zero-order chi connectivity index (χ0) is 15.9. The molecule has 0 bridgehead atoms. The number of aliphatic carboxylic acids is 1. The maximum Gasteiger partial charge on any atom is 0.318 e. The van der Waals surface area contributed by atoms with Crippen molar-refractivity contribution in [3.05, 3.63) is 0 Å². The minimum absolute atomic E-state index is 0.0759. The Hall–Kier alpha value is -1.70. The molecule has 2 rings (SSSR count). The van der Waals surface area contributed by atoms with E-state index in [4.69, 9.17) is 11.5 Å². The van der Waals surface area contributed by atoms with Crippen molar-refractivity contribution >= 4 is 12.0 Å². The summed E-state index contributed by atoms with van der Waals surface area (Å²) in [6, 6.07) is 0.246. The van der Waals surface area contributed by atoms with Gasteiger partial charge in [0.15, 0.2) is 0 Å². The maximum atomic E-state index is 12.5. The molecule has 0 aliphatic heterocycles. The van der Waals surface area contributed by atoms with E-state index in [1.807, 2.05) is 0 Å². The van der Waals surface area contributed by atoms with Crippen LogP contribution in [-0.4, -0.2) is 40.6 Å². The van der Waals surface area contributed by atoms with Gasteiger partial charge in [-0.2, -0.15) is 0 Å². The highest BCUT2D eigenvalue weighted by Crippen LogP contribution is 2.26. The number of rotatable bonds is 4. The summed E-state index contributed by atoms with van der Waals surface area (Å²) in [6.45, 7) is 0.348. The van der Waals surface area contributed by atoms with Crippen molar-refractivity contribution < 1.29 is 14.7 Å². The van der Waals surface area contributed by atoms with E-state index in [-0.39, 0.29) is 24.0 Å². The first-order chi connectivity index (χ1) is 10.6. The van der Waals surface area contributed by atoms with Gasteiger partial charge in [0.1, 0.15) is 0 Å². The summed E-state index contributed by atoms with van der Waals surface area (Å²) in [5.74, 6) is 1.62. The third kappa shape index (κ3) is 4.40. The number of carbonyl (C=O) groups is 2. The van der Waals surface area contributed by atoms with Gasteiger partial charge in [0, 0.05) is 12.1 Å². The number of urea groups is 1. The Morgan fingerprint density at radius 1 is 1.09 bits per heavy atom. The van der Waals surface area contributed by atoms with Crippen molar-refractivity contribution in [3.63, 3.8) is 0 Å². The molecule has 5 nitrogen and oxygen atoms in total. The lowest BCUT2D eigenvalue weighted by Crippen LogP contribution is -2.50. The first-order valence-electron chi connectivity index (χ1n) is 8.35. The van der Waals surface area contributed by atoms with Gasteiger partial charge >= 0.3 is 12.0 Å². The number of amides is 2. The van der Waals surface area contributed by atoms with Crippen LogP contribution in [0.5, 0.6) is 0 Å². The van der Waals surface area contributed by atoms with Gasteiger partial charge < -0.3 is 15.3 Å². The fraction of sp³-hybridized carbons (Fsp3) is 0.765. The number of carbonyl (C=O) groups excluding carboxylic acids is 1. The van der Waals surface area contributed by atoms with Crippen molar-refractivity contribution in [3.8, 4) is 12.3 Å². The molecule has 0 aromatic carbocycles. The third-order valence-corrected chi connectivity index (χ3v) is 4.94. The number of terminal acetylenes is 1. The summed E-state index contributed by atoms with van der Waals surface area (Å²) in [5, 5.41) is 12.1. The molecule has 122 valence electrons. The molecule has 0 spiro atoms. The molecule has 2 aliphatic rings. The van der Waals surface area contributed by atoms with Crippen molar-refractivity contribution in [2.45, 2.75) is 69.9 Å². The molecule has 22 heavy (non-hydrogen) atoms. The summed E-state index contributed by atoms with van der Waals surface area (Å²) in [4.78, 5) is 25.3. The van der Waals surface area contributed by atoms with Crippen molar-refractivity contribution in [1.29, 1.82) is 0 Å². The van der Waals surface area contributed by atoms with E-state index in [2.05, 4.69) is 11.2 Å². The number of hydrogen-bond donors (Lipinski definition) is 2. The molecule has 5 heteroatoms. The smallest absolute Gasteiger partial charge is 0.318 e. The Bertz CT molecular complexity index is 430. The lowest BCUT2D eigenvalue weighted by Gasteiger charge is -2.35. The van der Waals surface area contributed by atoms with Crippen LogP contribution in [0.3, 0.4) is 0 Å². The Labute approximate surface area is 132 Å². The van der Waals surface area contributed by atoms with Gasteiger partial charge in [-0.3, -0.25) is 4.79 Å². The van der Waals surface area contributed by atoms with Crippen LogP contribution in [0.15, 0.2) is 0 Å². The molecule has 0 radical (unpaired) electrons. The van der Waals surface area contributed by atoms with Crippen LogP contribution in [-0.2, 0) is 4.79 Å². The van der Waals surface area contributed by atoms with Gasteiger partial charge in [0.25, 0.3) is 0 Å². The summed E-state index contributed by atoms with van der Waals surface area (Å²) in [6.07, 6.45) is 13.8. The normalized spacial score (nSPS) is 26.0. The SMILES string of the molecule is C#CCN(C(=O)NC1CCC(C(=O)O)CC1)C1CCCCC1. The monoisotopic (exact) mass is 306 g/mol. The summed E-state index contributed by atoms with van der Waals surface area (Å²) in [5.41, 5.74) is 0. The van der Waals surface area contributed by atoms with Crippen LogP contribution in [0.1, 0.15) is 57.8 Å². The minimum Gasteiger partial charge on any atom is -0.481 e. The average molecular weight is 306 g/mol. The first-order valence-corrected chi connectivity index (χ1v) is 8.35. The molecule has 2 aliphatic carbocycles. The predicted molar refractivity (Wildman–Crippen MR) is 84.3 cm³/mol. The number of hydrogen-bond acceptors (Lipinski definition) is 2. The lowest BCUT2D eigenvalue weighted by molar-refractivity contribution is -0.142. The van der Waals surface area contributed by atoms with Gasteiger partial charge in [0.2, 0.25) is 0 Å². The molecule has 2 amide bonds. The van der Waals surface area contributed by atoms with Crippen LogP contribution in [0.25, 0.3) is 0 Å². The van der Waals surface area contributed by atoms with E-state index in [1.54, 1.807) is 4.90 Å². The Kier molecular flexibility index (Phi) is 6.11. The van der Waals surface area contributed by atoms with Crippen LogP contribution >= 0.6 is 0 Å². The summed E-state index contributed by atoms with van der Waals surface area (Å²) < 4.78 is 0. The standard InChI is InChI=1S/C17H26N2O3/c1-2-12-19(15-6-4-3-5-7-15)17(22)18-14-10-8-13(9-11-14)16(20)21/h1,13-15H,3-12H2,(H,18,22)(H,20,21). The van der Waals surface area contributed by atoms with E-state index in [9.17, 15) is 9.59 Å². The summed E-state index contributed by atoms with van der Waals surface area (Å²) >= 11 is 0. The van der Waals surface area contributed by atoms with Crippen LogP contribution in [0.4, 0.5) is 4.79 Å². The van der Waals surface area contributed by atoms with Gasteiger partial charge in [-0.15, -0.1) is 6.42 Å². The quantitative estimate of drug-likeness (QED) is 0.784. The Balaban J connectivity index is 1.86. The van der Waals surface area contributed by atoms with E-state index >= 15 is 0 Å². The molecule has 0 unspecified atom stereocenters. The molecule has 0 aromatic rings. The molecule has 2 saturated carbocycles. The number of carboxylic acids is 1. The van der Waals surface area contributed by atoms with Crippen LogP contribution in [0.2, 0.25) is 0 Å². The van der Waals surface area contributed by atoms with Crippen molar-refractivity contribution in [2.75, 3.05) is 6.54 Å². The first kappa shape index (κ1) is 16.7. The fourth-order valence-corrected chi connectivity index (χ4v) is 3.60. The van der Waals surface area contributed by atoms with Crippen molar-refractivity contribution in [1.82, 2.24) is 10.2 Å². The molecular weight excluding hydrogens is 280 g/mol. The maximum absolute atomic E-state index is 12.5. The molecule has 0 heterocycles. The van der Waals surface area contributed by atoms with E-state index in [0.29, 0.717) is 19.4 Å². The summed E-state index contributed by atoms with van der Waals surface area (Å²) in [7, 11) is 0.